The summed E-state index contributed by atoms with van der Waals surface area (Å²) in [5.74, 6) is 0.0854. The smallest absolute Gasteiger partial charge is 0.218 e. The largest absolute Gasteiger partial charge is 0.380 e. The lowest BCUT2D eigenvalue weighted by atomic mass is 10.6. The molecule has 0 aliphatic rings. The molecule has 0 aliphatic heterocycles. The molecule has 7 heteroatoms. The Hall–Kier alpha value is 0.120. The van der Waals surface area contributed by atoms with Gasteiger partial charge >= 0.3 is 0 Å². The highest BCUT2D eigenvalue weighted by Gasteiger charge is 2.27. The Kier molecular flexibility index (Phi) is 10.0. The fraction of sp³-hybridized carbons (Fsp3) is 1.00. The molecule has 0 aromatic heterocycles. The van der Waals surface area contributed by atoms with E-state index in [2.05, 4.69) is 0 Å². The summed E-state index contributed by atoms with van der Waals surface area (Å²) in [4.78, 5) is 0. The zero-order chi connectivity index (χ0) is 14.0. The molecule has 1 atom stereocenters. The lowest BCUT2D eigenvalue weighted by Gasteiger charge is -2.24. The molecule has 0 spiro atoms. The van der Waals surface area contributed by atoms with Gasteiger partial charge in [-0.2, -0.15) is 4.31 Å². The van der Waals surface area contributed by atoms with Gasteiger partial charge in [-0.25, -0.2) is 8.42 Å². The van der Waals surface area contributed by atoms with E-state index in [1.165, 1.54) is 4.31 Å². The maximum Gasteiger partial charge on any atom is 0.218 e. The summed E-state index contributed by atoms with van der Waals surface area (Å²) < 4.78 is 36.2. The first-order chi connectivity index (χ1) is 8.50. The van der Waals surface area contributed by atoms with Gasteiger partial charge in [-0.1, -0.05) is 0 Å². The van der Waals surface area contributed by atoms with Crippen LogP contribution in [0.4, 0.5) is 0 Å². The van der Waals surface area contributed by atoms with Crippen molar-refractivity contribution in [1.29, 1.82) is 0 Å². The number of hydrogen-bond acceptors (Lipinski definition) is 4. The van der Waals surface area contributed by atoms with E-state index in [1.54, 1.807) is 6.92 Å². The molecule has 1 unspecified atom stereocenters. The minimum Gasteiger partial charge on any atom is -0.380 e. The van der Waals surface area contributed by atoms with Crippen LogP contribution < -0.4 is 0 Å². The number of nitrogens with zero attached hydrogens (tertiary/aromatic N) is 1. The molecule has 0 saturated heterocycles. The number of ether oxygens (including phenoxy) is 2. The molecule has 0 aromatic carbocycles. The fourth-order valence-corrected chi connectivity index (χ4v) is 3.13. The molecule has 18 heavy (non-hydrogen) atoms. The third-order valence-corrected chi connectivity index (χ3v) is 5.38. The van der Waals surface area contributed by atoms with Crippen LogP contribution in [-0.2, 0) is 19.5 Å². The first-order valence-corrected chi connectivity index (χ1v) is 8.24. The monoisotopic (exact) mass is 301 g/mol. The fourth-order valence-electron chi connectivity index (χ4n) is 1.32. The van der Waals surface area contributed by atoms with Crippen molar-refractivity contribution in [3.05, 3.63) is 0 Å². The summed E-state index contributed by atoms with van der Waals surface area (Å²) in [5.41, 5.74) is 0. The average Bonchev–Trinajstić information content (AvgIpc) is 2.36. The summed E-state index contributed by atoms with van der Waals surface area (Å²) in [5, 5.41) is -0.595. The normalized spacial score (nSPS) is 14.1. The Morgan fingerprint density at radius 3 is 1.89 bits per heavy atom. The Morgan fingerprint density at radius 2 is 1.56 bits per heavy atom. The van der Waals surface area contributed by atoms with Crippen molar-refractivity contribution in [2.75, 3.05) is 45.4 Å². The van der Waals surface area contributed by atoms with Crippen LogP contribution in [0.5, 0.6) is 0 Å². The lowest BCUT2D eigenvalue weighted by Crippen LogP contribution is -2.42. The predicted octanol–water partition coefficient (Wildman–Crippen LogP) is 1.32. The van der Waals surface area contributed by atoms with Crippen LogP contribution in [0.15, 0.2) is 0 Å². The van der Waals surface area contributed by atoms with Gasteiger partial charge in [0.1, 0.15) is 0 Å². The van der Waals surface area contributed by atoms with Gasteiger partial charge in [0, 0.05) is 32.2 Å². The Morgan fingerprint density at radius 1 is 1.11 bits per heavy atom. The van der Waals surface area contributed by atoms with E-state index in [1.807, 2.05) is 13.8 Å². The SMILES string of the molecule is CCOCCN(CCOCC)S(=O)(=O)C(C)CCl. The van der Waals surface area contributed by atoms with Crippen molar-refractivity contribution in [2.24, 2.45) is 0 Å². The highest BCUT2D eigenvalue weighted by molar-refractivity contribution is 7.89. The summed E-state index contributed by atoms with van der Waals surface area (Å²) in [6, 6.07) is 0. The second-order valence-corrected chi connectivity index (χ2v) is 6.46. The molecule has 0 aromatic rings. The maximum atomic E-state index is 12.2. The van der Waals surface area contributed by atoms with E-state index >= 15 is 0 Å². The minimum absolute atomic E-state index is 0.0854. The van der Waals surface area contributed by atoms with Crippen LogP contribution in [0, 0.1) is 0 Å². The third-order valence-electron chi connectivity index (χ3n) is 2.46. The third kappa shape index (κ3) is 6.33. The van der Waals surface area contributed by atoms with Crippen molar-refractivity contribution in [2.45, 2.75) is 26.0 Å². The molecule has 110 valence electrons. The second-order valence-electron chi connectivity index (χ2n) is 3.80. The Bertz CT molecular complexity index is 287. The molecule has 0 aliphatic carbocycles. The Labute approximate surface area is 115 Å². The van der Waals surface area contributed by atoms with Gasteiger partial charge in [-0.3, -0.25) is 0 Å². The van der Waals surface area contributed by atoms with E-state index in [-0.39, 0.29) is 5.88 Å². The lowest BCUT2D eigenvalue weighted by molar-refractivity contribution is 0.110. The minimum atomic E-state index is -3.37. The standard InChI is InChI=1S/C11H24ClNO4S/c1-4-16-8-6-13(7-9-17-5-2)18(14,15)11(3)10-12/h11H,4-10H2,1-3H3. The van der Waals surface area contributed by atoms with Crippen molar-refractivity contribution in [3.8, 4) is 0 Å². The molecule has 0 bridgehead atoms. The average molecular weight is 302 g/mol. The molecular formula is C11H24ClNO4S. The second kappa shape index (κ2) is 9.97. The van der Waals surface area contributed by atoms with E-state index < -0.39 is 15.3 Å². The molecule has 0 saturated carbocycles. The zero-order valence-electron chi connectivity index (χ0n) is 11.4. The first kappa shape index (κ1) is 18.1. The number of sulfonamides is 1. The van der Waals surface area contributed by atoms with Gasteiger partial charge in [0.05, 0.1) is 18.5 Å². The van der Waals surface area contributed by atoms with E-state index in [9.17, 15) is 8.42 Å². The van der Waals surface area contributed by atoms with Crippen LogP contribution in [0.2, 0.25) is 0 Å². The first-order valence-electron chi connectivity index (χ1n) is 6.21. The summed E-state index contributed by atoms with van der Waals surface area (Å²) in [7, 11) is -3.37. The van der Waals surface area contributed by atoms with Crippen LogP contribution in [-0.4, -0.2) is 63.4 Å². The summed E-state index contributed by atoms with van der Waals surface area (Å²) >= 11 is 5.63. The van der Waals surface area contributed by atoms with Gasteiger partial charge in [0.25, 0.3) is 0 Å². The molecule has 0 rings (SSSR count). The molecular weight excluding hydrogens is 278 g/mol. The maximum absolute atomic E-state index is 12.2. The summed E-state index contributed by atoms with van der Waals surface area (Å²) in [6.45, 7) is 7.95. The predicted molar refractivity (Wildman–Crippen MR) is 73.7 cm³/mol. The molecule has 0 heterocycles. The van der Waals surface area contributed by atoms with E-state index in [0.29, 0.717) is 39.5 Å². The van der Waals surface area contributed by atoms with Crippen LogP contribution >= 0.6 is 11.6 Å². The van der Waals surface area contributed by atoms with Crippen molar-refractivity contribution < 1.29 is 17.9 Å². The number of halogens is 1. The number of alkyl halides is 1. The number of rotatable bonds is 11. The van der Waals surface area contributed by atoms with E-state index in [0.717, 1.165) is 0 Å². The van der Waals surface area contributed by atoms with Crippen LogP contribution in [0.1, 0.15) is 20.8 Å². The highest BCUT2D eigenvalue weighted by atomic mass is 35.5. The Balaban J connectivity index is 4.52. The quantitative estimate of drug-likeness (QED) is 0.427. The molecule has 0 amide bonds. The highest BCUT2D eigenvalue weighted by Crippen LogP contribution is 2.10. The van der Waals surface area contributed by atoms with Gasteiger partial charge in [0.15, 0.2) is 0 Å². The van der Waals surface area contributed by atoms with Crippen LogP contribution in [0.3, 0.4) is 0 Å². The van der Waals surface area contributed by atoms with Crippen molar-refractivity contribution in [3.63, 3.8) is 0 Å². The van der Waals surface area contributed by atoms with Gasteiger partial charge in [-0.05, 0) is 20.8 Å². The number of hydrogen-bond donors (Lipinski definition) is 0. The van der Waals surface area contributed by atoms with Crippen molar-refractivity contribution >= 4 is 21.6 Å². The summed E-state index contributed by atoms with van der Waals surface area (Å²) in [6.07, 6.45) is 0. The zero-order valence-corrected chi connectivity index (χ0v) is 13.0. The van der Waals surface area contributed by atoms with Gasteiger partial charge < -0.3 is 9.47 Å². The van der Waals surface area contributed by atoms with Crippen LogP contribution in [0.25, 0.3) is 0 Å². The van der Waals surface area contributed by atoms with Gasteiger partial charge in [0.2, 0.25) is 10.0 Å². The topological polar surface area (TPSA) is 55.8 Å². The molecule has 0 fully saturated rings. The van der Waals surface area contributed by atoms with E-state index in [4.69, 9.17) is 21.1 Å². The molecule has 0 radical (unpaired) electrons. The molecule has 5 nitrogen and oxygen atoms in total. The van der Waals surface area contributed by atoms with Crippen molar-refractivity contribution in [1.82, 2.24) is 4.31 Å². The van der Waals surface area contributed by atoms with Gasteiger partial charge in [-0.15, -0.1) is 11.6 Å². The molecule has 0 N–H and O–H groups in total.